The number of amidine groups is 1. The van der Waals surface area contributed by atoms with E-state index in [0.29, 0.717) is 11.7 Å². The number of piperazine rings is 1. The van der Waals surface area contributed by atoms with E-state index >= 15 is 0 Å². The Labute approximate surface area is 119 Å². The first-order valence-electron chi connectivity index (χ1n) is 7.08. The summed E-state index contributed by atoms with van der Waals surface area (Å²) in [5, 5.41) is 11.6. The molecule has 6 heteroatoms. The average molecular weight is 277 g/mol. The molecule has 0 aliphatic carbocycles. The van der Waals surface area contributed by atoms with Crippen molar-refractivity contribution >= 4 is 11.5 Å². The van der Waals surface area contributed by atoms with Gasteiger partial charge in [-0.25, -0.2) is 0 Å². The van der Waals surface area contributed by atoms with Crippen molar-refractivity contribution in [3.05, 3.63) is 24.0 Å². The molecule has 1 saturated heterocycles. The predicted molar refractivity (Wildman–Crippen MR) is 80.3 cm³/mol. The summed E-state index contributed by atoms with van der Waals surface area (Å²) in [7, 11) is 0. The molecule has 20 heavy (non-hydrogen) atoms. The largest absolute Gasteiger partial charge is 0.409 e. The van der Waals surface area contributed by atoms with Crippen LogP contribution in [0, 0.1) is 0 Å². The average Bonchev–Trinajstić information content (AvgIpc) is 2.53. The van der Waals surface area contributed by atoms with Gasteiger partial charge in [0.05, 0.1) is 11.9 Å². The second kappa shape index (κ2) is 6.56. The van der Waals surface area contributed by atoms with Crippen molar-refractivity contribution in [2.75, 3.05) is 31.1 Å². The van der Waals surface area contributed by atoms with Crippen LogP contribution in [0.1, 0.15) is 26.0 Å². The molecule has 0 radical (unpaired) electrons. The maximum absolute atomic E-state index is 8.62. The second-order valence-corrected chi connectivity index (χ2v) is 5.17. The minimum absolute atomic E-state index is 0.0399. The zero-order valence-electron chi connectivity index (χ0n) is 12.2. The molecule has 1 fully saturated rings. The van der Waals surface area contributed by atoms with Gasteiger partial charge < -0.3 is 15.8 Å². The lowest BCUT2D eigenvalue weighted by atomic mass is 10.2. The minimum atomic E-state index is 0.0399. The Morgan fingerprint density at radius 2 is 2.10 bits per heavy atom. The first-order chi connectivity index (χ1) is 9.65. The summed E-state index contributed by atoms with van der Waals surface area (Å²) in [6.45, 7) is 8.69. The topological polar surface area (TPSA) is 78.0 Å². The number of nitrogens with zero attached hydrogens (tertiary/aromatic N) is 4. The van der Waals surface area contributed by atoms with Crippen LogP contribution >= 0.6 is 0 Å². The van der Waals surface area contributed by atoms with Crippen LogP contribution in [0.15, 0.2) is 23.5 Å². The van der Waals surface area contributed by atoms with E-state index < -0.39 is 0 Å². The van der Waals surface area contributed by atoms with Gasteiger partial charge >= 0.3 is 0 Å². The summed E-state index contributed by atoms with van der Waals surface area (Å²) in [6.07, 6.45) is 2.97. The molecule has 1 aromatic rings. The Morgan fingerprint density at radius 3 is 2.60 bits per heavy atom. The fourth-order valence-corrected chi connectivity index (χ4v) is 2.45. The molecular weight excluding hydrogens is 254 g/mol. The van der Waals surface area contributed by atoms with Gasteiger partial charge in [0.2, 0.25) is 0 Å². The number of rotatable bonds is 4. The van der Waals surface area contributed by atoms with Crippen molar-refractivity contribution in [1.29, 1.82) is 0 Å². The van der Waals surface area contributed by atoms with Crippen molar-refractivity contribution in [2.45, 2.75) is 26.3 Å². The number of aromatic nitrogens is 1. The van der Waals surface area contributed by atoms with E-state index in [-0.39, 0.29) is 5.84 Å². The lowest BCUT2D eigenvalue weighted by Crippen LogP contribution is -2.49. The first-order valence-corrected chi connectivity index (χ1v) is 7.08. The quantitative estimate of drug-likeness (QED) is 0.373. The fraction of sp³-hybridized carbons (Fsp3) is 0.571. The third-order valence-electron chi connectivity index (χ3n) is 4.01. The third kappa shape index (κ3) is 3.19. The molecule has 1 aromatic heterocycles. The van der Waals surface area contributed by atoms with Crippen LogP contribution in [0.2, 0.25) is 0 Å². The standard InChI is InChI=1S/C14H23N5O/c1-3-11(2)18-6-8-19(9-7-18)12-4-5-13(16-10-12)14(15)17-20/h4-5,10-11,20H,3,6-9H2,1-2H3,(H2,15,17). The zero-order chi connectivity index (χ0) is 14.5. The summed E-state index contributed by atoms with van der Waals surface area (Å²) < 4.78 is 0. The summed E-state index contributed by atoms with van der Waals surface area (Å²) in [6, 6.07) is 4.41. The summed E-state index contributed by atoms with van der Waals surface area (Å²) in [5.74, 6) is 0.0399. The summed E-state index contributed by atoms with van der Waals surface area (Å²) >= 11 is 0. The Morgan fingerprint density at radius 1 is 1.40 bits per heavy atom. The predicted octanol–water partition coefficient (Wildman–Crippen LogP) is 1.10. The number of hydrogen-bond donors (Lipinski definition) is 2. The smallest absolute Gasteiger partial charge is 0.188 e. The lowest BCUT2D eigenvalue weighted by Gasteiger charge is -2.38. The van der Waals surface area contributed by atoms with E-state index in [9.17, 15) is 0 Å². The van der Waals surface area contributed by atoms with Crippen molar-refractivity contribution in [3.8, 4) is 0 Å². The molecule has 0 spiro atoms. The molecule has 0 aromatic carbocycles. The van der Waals surface area contributed by atoms with Crippen LogP contribution in [0.3, 0.4) is 0 Å². The Kier molecular flexibility index (Phi) is 4.79. The van der Waals surface area contributed by atoms with Gasteiger partial charge in [0.1, 0.15) is 5.69 Å². The second-order valence-electron chi connectivity index (χ2n) is 5.17. The van der Waals surface area contributed by atoms with E-state index in [1.54, 1.807) is 12.3 Å². The van der Waals surface area contributed by atoms with E-state index in [1.165, 1.54) is 6.42 Å². The Hall–Kier alpha value is -1.82. The highest BCUT2D eigenvalue weighted by Gasteiger charge is 2.20. The van der Waals surface area contributed by atoms with Crippen LogP contribution in [-0.2, 0) is 0 Å². The van der Waals surface area contributed by atoms with E-state index in [0.717, 1.165) is 31.9 Å². The van der Waals surface area contributed by atoms with Gasteiger partial charge in [-0.1, -0.05) is 12.1 Å². The molecular formula is C14H23N5O. The minimum Gasteiger partial charge on any atom is -0.409 e. The van der Waals surface area contributed by atoms with Crippen molar-refractivity contribution in [1.82, 2.24) is 9.88 Å². The van der Waals surface area contributed by atoms with E-state index in [4.69, 9.17) is 10.9 Å². The first kappa shape index (κ1) is 14.6. The van der Waals surface area contributed by atoms with Crippen LogP contribution in [0.5, 0.6) is 0 Å². The lowest BCUT2D eigenvalue weighted by molar-refractivity contribution is 0.193. The summed E-state index contributed by atoms with van der Waals surface area (Å²) in [5.41, 5.74) is 7.09. The molecule has 0 bridgehead atoms. The normalized spacial score (nSPS) is 19.1. The highest BCUT2D eigenvalue weighted by molar-refractivity contribution is 5.95. The molecule has 2 heterocycles. The molecule has 0 amide bonds. The molecule has 0 saturated carbocycles. The zero-order valence-corrected chi connectivity index (χ0v) is 12.2. The fourth-order valence-electron chi connectivity index (χ4n) is 2.45. The molecule has 2 rings (SSSR count). The van der Waals surface area contributed by atoms with Crippen LogP contribution in [0.25, 0.3) is 0 Å². The third-order valence-corrected chi connectivity index (χ3v) is 4.01. The molecule has 3 N–H and O–H groups in total. The van der Waals surface area contributed by atoms with Crippen molar-refractivity contribution in [3.63, 3.8) is 0 Å². The summed E-state index contributed by atoms with van der Waals surface area (Å²) in [4.78, 5) is 9.07. The molecule has 1 unspecified atom stereocenters. The van der Waals surface area contributed by atoms with Crippen molar-refractivity contribution in [2.24, 2.45) is 10.9 Å². The molecule has 110 valence electrons. The van der Waals surface area contributed by atoms with Crippen molar-refractivity contribution < 1.29 is 5.21 Å². The van der Waals surface area contributed by atoms with Gasteiger partial charge in [0.25, 0.3) is 0 Å². The van der Waals surface area contributed by atoms with Gasteiger partial charge in [-0.2, -0.15) is 0 Å². The van der Waals surface area contributed by atoms with Gasteiger partial charge in [-0.15, -0.1) is 0 Å². The van der Waals surface area contributed by atoms with E-state index in [1.807, 2.05) is 6.07 Å². The number of nitrogens with two attached hydrogens (primary N) is 1. The highest BCUT2D eigenvalue weighted by atomic mass is 16.4. The van der Waals surface area contributed by atoms with Crippen LogP contribution in [-0.4, -0.2) is 53.1 Å². The molecule has 1 aliphatic heterocycles. The Bertz CT molecular complexity index is 451. The van der Waals surface area contributed by atoms with Crippen LogP contribution < -0.4 is 10.6 Å². The highest BCUT2D eigenvalue weighted by Crippen LogP contribution is 2.17. The molecule has 1 atom stereocenters. The Balaban J connectivity index is 1.97. The number of oxime groups is 1. The van der Waals surface area contributed by atoms with Gasteiger partial charge in [0, 0.05) is 32.2 Å². The van der Waals surface area contributed by atoms with E-state index in [2.05, 4.69) is 33.8 Å². The van der Waals surface area contributed by atoms with Gasteiger partial charge in [-0.3, -0.25) is 9.88 Å². The van der Waals surface area contributed by atoms with Gasteiger partial charge in [-0.05, 0) is 25.5 Å². The number of anilines is 1. The molecule has 1 aliphatic rings. The monoisotopic (exact) mass is 277 g/mol. The number of hydrogen-bond acceptors (Lipinski definition) is 5. The SMILES string of the molecule is CCC(C)N1CCN(c2ccc(/C(N)=N/O)nc2)CC1. The van der Waals surface area contributed by atoms with Crippen LogP contribution in [0.4, 0.5) is 5.69 Å². The maximum atomic E-state index is 8.62. The number of pyridine rings is 1. The maximum Gasteiger partial charge on any atom is 0.188 e. The van der Waals surface area contributed by atoms with Gasteiger partial charge in [0.15, 0.2) is 5.84 Å². The molecule has 6 nitrogen and oxygen atoms in total.